The molecule has 2 aromatic heterocycles. The third-order valence-corrected chi connectivity index (χ3v) is 5.40. The van der Waals surface area contributed by atoms with Crippen LogP contribution in [-0.4, -0.2) is 11.2 Å². The minimum atomic E-state index is 0.572. The number of hydrogen-bond donors (Lipinski definition) is 0. The first-order valence-corrected chi connectivity index (χ1v) is 10.4. The Morgan fingerprint density at radius 1 is 0.871 bits per heavy atom. The van der Waals surface area contributed by atoms with Crippen LogP contribution in [0.15, 0.2) is 86.6 Å². The topological polar surface area (TPSA) is 51.5 Å². The molecular weight excluding hydrogens is 431 g/mol. The smallest absolute Gasteiger partial charge is 0.227 e. The number of nitrogens with zero attached hydrogens (tertiary/aromatic N) is 2. The van der Waals surface area contributed by atoms with Gasteiger partial charge < -0.3 is 8.83 Å². The lowest BCUT2D eigenvalue weighted by Gasteiger charge is -2.00. The predicted octanol–water partition coefficient (Wildman–Crippen LogP) is 8.12. The number of hydrogen-bond acceptors (Lipinski definition) is 4. The van der Waals surface area contributed by atoms with Crippen molar-refractivity contribution in [1.82, 2.24) is 4.98 Å². The Balaban J connectivity index is 1.40. The highest BCUT2D eigenvalue weighted by molar-refractivity contribution is 6.35. The van der Waals surface area contributed by atoms with Gasteiger partial charge in [-0.3, -0.25) is 4.99 Å². The molecule has 0 spiro atoms. The quantitative estimate of drug-likeness (QED) is 0.262. The molecule has 3 aromatic carbocycles. The first-order chi connectivity index (χ1) is 15.0. The van der Waals surface area contributed by atoms with Crippen molar-refractivity contribution in [2.45, 2.75) is 6.92 Å². The van der Waals surface area contributed by atoms with Crippen LogP contribution in [0.25, 0.3) is 33.9 Å². The molecule has 0 N–H and O–H groups in total. The molecule has 2 heterocycles. The molecule has 0 saturated heterocycles. The van der Waals surface area contributed by atoms with Crippen LogP contribution >= 0.6 is 23.2 Å². The van der Waals surface area contributed by atoms with Crippen LogP contribution < -0.4 is 0 Å². The zero-order valence-electron chi connectivity index (χ0n) is 16.5. The molecule has 0 amide bonds. The Morgan fingerprint density at radius 3 is 2.55 bits per heavy atom. The lowest BCUT2D eigenvalue weighted by Crippen LogP contribution is -1.78. The molecule has 4 nitrogen and oxygen atoms in total. The van der Waals surface area contributed by atoms with Gasteiger partial charge in [0.1, 0.15) is 17.0 Å². The standard InChI is InChI=1S/C25H16Cl2N2O2/c1-15-2-4-16(5-3-15)25-29-22-13-18(7-10-24(22)31-25)28-14-19-8-11-23(30-19)20-12-17(26)6-9-21(20)27/h2-14H,1H3. The summed E-state index contributed by atoms with van der Waals surface area (Å²) >= 11 is 12.3. The van der Waals surface area contributed by atoms with Crippen LogP contribution in [0.1, 0.15) is 11.3 Å². The van der Waals surface area contributed by atoms with Gasteiger partial charge in [-0.05, 0) is 67.6 Å². The van der Waals surface area contributed by atoms with Gasteiger partial charge in [-0.1, -0.05) is 40.9 Å². The molecule has 5 aromatic rings. The first kappa shape index (κ1) is 19.6. The van der Waals surface area contributed by atoms with Crippen LogP contribution in [0, 0.1) is 6.92 Å². The zero-order chi connectivity index (χ0) is 21.4. The summed E-state index contributed by atoms with van der Waals surface area (Å²) in [6, 6.07) is 22.6. The number of aromatic nitrogens is 1. The third-order valence-electron chi connectivity index (χ3n) is 4.83. The molecule has 0 bridgehead atoms. The number of furan rings is 1. The molecule has 152 valence electrons. The number of fused-ring (bicyclic) bond motifs is 1. The Hall–Kier alpha value is -3.34. The van der Waals surface area contributed by atoms with E-state index in [-0.39, 0.29) is 0 Å². The van der Waals surface area contributed by atoms with Crippen LogP contribution in [0.2, 0.25) is 10.0 Å². The summed E-state index contributed by atoms with van der Waals surface area (Å²) in [6.07, 6.45) is 1.66. The maximum atomic E-state index is 6.25. The number of halogens is 2. The van der Waals surface area contributed by atoms with Gasteiger partial charge in [0.2, 0.25) is 5.89 Å². The van der Waals surface area contributed by atoms with Crippen molar-refractivity contribution in [3.63, 3.8) is 0 Å². The third kappa shape index (κ3) is 4.13. The fourth-order valence-electron chi connectivity index (χ4n) is 3.21. The van der Waals surface area contributed by atoms with Crippen molar-refractivity contribution in [3.05, 3.63) is 94.2 Å². The second kappa shape index (κ2) is 8.06. The van der Waals surface area contributed by atoms with Crippen molar-refractivity contribution >= 4 is 46.2 Å². The van der Waals surface area contributed by atoms with E-state index in [1.54, 1.807) is 24.4 Å². The average molecular weight is 447 g/mol. The number of aryl methyl sites for hydroxylation is 1. The molecule has 0 atom stereocenters. The van der Waals surface area contributed by atoms with E-state index in [0.29, 0.717) is 33.0 Å². The molecule has 0 saturated carbocycles. The molecular formula is C25H16Cl2N2O2. The summed E-state index contributed by atoms with van der Waals surface area (Å²) in [7, 11) is 0. The molecule has 0 unspecified atom stereocenters. The normalized spacial score (nSPS) is 11.6. The molecule has 5 rings (SSSR count). The first-order valence-electron chi connectivity index (χ1n) is 9.62. The van der Waals surface area contributed by atoms with Gasteiger partial charge in [-0.25, -0.2) is 4.98 Å². The van der Waals surface area contributed by atoms with Crippen LogP contribution in [0.5, 0.6) is 0 Å². The lowest BCUT2D eigenvalue weighted by atomic mass is 10.1. The number of oxazole rings is 1. The van der Waals surface area contributed by atoms with E-state index >= 15 is 0 Å². The number of rotatable bonds is 4. The van der Waals surface area contributed by atoms with Crippen LogP contribution in [0.4, 0.5) is 5.69 Å². The monoisotopic (exact) mass is 446 g/mol. The fourth-order valence-corrected chi connectivity index (χ4v) is 3.59. The van der Waals surface area contributed by atoms with Gasteiger partial charge in [0.05, 0.1) is 16.9 Å². The maximum absolute atomic E-state index is 6.25. The van der Waals surface area contributed by atoms with Crippen molar-refractivity contribution in [1.29, 1.82) is 0 Å². The molecule has 0 radical (unpaired) electrons. The summed E-state index contributed by atoms with van der Waals surface area (Å²) in [5.74, 6) is 1.82. The van der Waals surface area contributed by atoms with Gasteiger partial charge in [0.15, 0.2) is 5.58 Å². The minimum Gasteiger partial charge on any atom is -0.455 e. The number of aliphatic imine (C=N–C) groups is 1. The summed E-state index contributed by atoms with van der Waals surface area (Å²) < 4.78 is 11.7. The second-order valence-electron chi connectivity index (χ2n) is 7.12. The highest BCUT2D eigenvalue weighted by Crippen LogP contribution is 2.32. The zero-order valence-corrected chi connectivity index (χ0v) is 18.0. The average Bonchev–Trinajstić information content (AvgIpc) is 3.41. The SMILES string of the molecule is Cc1ccc(-c2nc3cc(N=Cc4ccc(-c5cc(Cl)ccc5Cl)o4)ccc3o2)cc1. The molecule has 6 heteroatoms. The molecule has 0 aliphatic heterocycles. The van der Waals surface area contributed by atoms with E-state index in [4.69, 9.17) is 32.0 Å². The molecule has 31 heavy (non-hydrogen) atoms. The van der Waals surface area contributed by atoms with Crippen molar-refractivity contribution in [2.75, 3.05) is 0 Å². The van der Waals surface area contributed by atoms with Gasteiger partial charge in [-0.15, -0.1) is 0 Å². The lowest BCUT2D eigenvalue weighted by molar-refractivity contribution is 0.575. The van der Waals surface area contributed by atoms with Gasteiger partial charge in [-0.2, -0.15) is 0 Å². The van der Waals surface area contributed by atoms with Crippen molar-refractivity contribution < 1.29 is 8.83 Å². The molecule has 0 aliphatic rings. The second-order valence-corrected chi connectivity index (χ2v) is 7.97. The summed E-state index contributed by atoms with van der Waals surface area (Å²) in [5.41, 5.74) is 5.07. The highest BCUT2D eigenvalue weighted by Gasteiger charge is 2.10. The van der Waals surface area contributed by atoms with Crippen molar-refractivity contribution in [3.8, 4) is 22.8 Å². The highest BCUT2D eigenvalue weighted by atomic mass is 35.5. The summed E-state index contributed by atoms with van der Waals surface area (Å²) in [5, 5.41) is 1.17. The van der Waals surface area contributed by atoms with Gasteiger partial charge in [0, 0.05) is 16.1 Å². The molecule has 0 fully saturated rings. The minimum absolute atomic E-state index is 0.572. The van der Waals surface area contributed by atoms with E-state index in [9.17, 15) is 0 Å². The Bertz CT molecular complexity index is 1420. The fraction of sp³-hybridized carbons (Fsp3) is 0.0400. The molecule has 0 aliphatic carbocycles. The Labute approximate surface area is 188 Å². The van der Waals surface area contributed by atoms with Gasteiger partial charge >= 0.3 is 0 Å². The van der Waals surface area contributed by atoms with E-state index in [0.717, 1.165) is 22.3 Å². The number of benzene rings is 3. The summed E-state index contributed by atoms with van der Waals surface area (Å²) in [4.78, 5) is 9.11. The van der Waals surface area contributed by atoms with E-state index < -0.39 is 0 Å². The van der Waals surface area contributed by atoms with Crippen LogP contribution in [-0.2, 0) is 0 Å². The summed E-state index contributed by atoms with van der Waals surface area (Å²) in [6.45, 7) is 2.05. The van der Waals surface area contributed by atoms with E-state index in [2.05, 4.69) is 9.98 Å². The van der Waals surface area contributed by atoms with E-state index in [1.807, 2.05) is 61.5 Å². The van der Waals surface area contributed by atoms with Gasteiger partial charge in [0.25, 0.3) is 0 Å². The van der Waals surface area contributed by atoms with Crippen molar-refractivity contribution in [2.24, 2.45) is 4.99 Å². The Morgan fingerprint density at radius 2 is 1.71 bits per heavy atom. The predicted molar refractivity (Wildman–Crippen MR) is 126 cm³/mol. The Kier molecular flexibility index (Phi) is 5.10. The maximum Gasteiger partial charge on any atom is 0.227 e. The van der Waals surface area contributed by atoms with Crippen LogP contribution in [0.3, 0.4) is 0 Å². The van der Waals surface area contributed by atoms with E-state index in [1.165, 1.54) is 5.56 Å². The largest absolute Gasteiger partial charge is 0.455 e.